The van der Waals surface area contributed by atoms with Crippen LogP contribution in [0.25, 0.3) is 0 Å². The summed E-state index contributed by atoms with van der Waals surface area (Å²) in [7, 11) is 0. The van der Waals surface area contributed by atoms with Crippen molar-refractivity contribution in [1.82, 2.24) is 15.2 Å². The van der Waals surface area contributed by atoms with E-state index in [9.17, 15) is 5.11 Å². The van der Waals surface area contributed by atoms with E-state index in [4.69, 9.17) is 0 Å². The number of aliphatic hydroxyl groups is 1. The first-order chi connectivity index (χ1) is 6.27. The summed E-state index contributed by atoms with van der Waals surface area (Å²) in [6.07, 6.45) is 0.699. The van der Waals surface area contributed by atoms with Crippen molar-refractivity contribution in [1.29, 1.82) is 0 Å². The summed E-state index contributed by atoms with van der Waals surface area (Å²) in [5, 5.41) is 18.0. The van der Waals surface area contributed by atoms with E-state index in [0.717, 1.165) is 5.56 Å². The van der Waals surface area contributed by atoms with Gasteiger partial charge in [0.25, 0.3) is 0 Å². The van der Waals surface area contributed by atoms with Gasteiger partial charge in [0.15, 0.2) is 5.82 Å². The average Bonchev–Trinajstić information content (AvgIpc) is 2.72. The second-order valence-electron chi connectivity index (χ2n) is 2.76. The van der Waals surface area contributed by atoms with Crippen molar-refractivity contribution >= 4 is 11.3 Å². The summed E-state index contributed by atoms with van der Waals surface area (Å²) >= 11 is 1.61. The van der Waals surface area contributed by atoms with E-state index >= 15 is 0 Å². The van der Waals surface area contributed by atoms with Gasteiger partial charge in [-0.2, -0.15) is 5.10 Å². The standard InChI is InChI=1S/C8H9N3OS/c1-5-2-6(3-13-5)7(12)8-9-4-10-11-8/h2-4,7,12H,1H3,(H,9,10,11). The molecule has 0 spiro atoms. The number of rotatable bonds is 2. The first kappa shape index (κ1) is 8.40. The molecule has 0 aliphatic carbocycles. The third kappa shape index (κ3) is 1.61. The van der Waals surface area contributed by atoms with Crippen LogP contribution in [-0.4, -0.2) is 20.3 Å². The van der Waals surface area contributed by atoms with Crippen LogP contribution >= 0.6 is 11.3 Å². The van der Waals surface area contributed by atoms with Gasteiger partial charge in [0.05, 0.1) is 0 Å². The molecule has 4 nitrogen and oxygen atoms in total. The molecule has 13 heavy (non-hydrogen) atoms. The van der Waals surface area contributed by atoms with Crippen molar-refractivity contribution in [3.05, 3.63) is 34.0 Å². The van der Waals surface area contributed by atoms with E-state index in [0.29, 0.717) is 5.82 Å². The van der Waals surface area contributed by atoms with Gasteiger partial charge in [0, 0.05) is 4.88 Å². The number of H-pyrrole nitrogens is 1. The second kappa shape index (κ2) is 3.27. The van der Waals surface area contributed by atoms with Gasteiger partial charge in [-0.25, -0.2) is 4.98 Å². The second-order valence-corrected chi connectivity index (χ2v) is 3.88. The fourth-order valence-corrected chi connectivity index (χ4v) is 1.83. The molecule has 1 atom stereocenters. The Labute approximate surface area is 79.3 Å². The maximum absolute atomic E-state index is 9.77. The van der Waals surface area contributed by atoms with Gasteiger partial charge >= 0.3 is 0 Å². The molecule has 2 rings (SSSR count). The molecule has 2 heterocycles. The molecule has 0 aromatic carbocycles. The fourth-order valence-electron chi connectivity index (χ4n) is 1.11. The molecule has 0 bridgehead atoms. The number of thiophene rings is 1. The van der Waals surface area contributed by atoms with E-state index in [-0.39, 0.29) is 0 Å². The molecule has 0 saturated carbocycles. The van der Waals surface area contributed by atoms with Gasteiger partial charge in [0.1, 0.15) is 12.4 Å². The zero-order valence-electron chi connectivity index (χ0n) is 7.06. The minimum Gasteiger partial charge on any atom is -0.380 e. The average molecular weight is 195 g/mol. The molecular weight excluding hydrogens is 186 g/mol. The highest BCUT2D eigenvalue weighted by Gasteiger charge is 2.13. The lowest BCUT2D eigenvalue weighted by atomic mass is 10.2. The largest absolute Gasteiger partial charge is 0.380 e. The van der Waals surface area contributed by atoms with Crippen LogP contribution < -0.4 is 0 Å². The third-order valence-electron chi connectivity index (χ3n) is 1.76. The lowest BCUT2D eigenvalue weighted by Gasteiger charge is -2.02. The van der Waals surface area contributed by atoms with Crippen molar-refractivity contribution in [3.63, 3.8) is 0 Å². The molecule has 0 amide bonds. The highest BCUT2D eigenvalue weighted by molar-refractivity contribution is 7.10. The van der Waals surface area contributed by atoms with Crippen molar-refractivity contribution in [3.8, 4) is 0 Å². The van der Waals surface area contributed by atoms with Gasteiger partial charge in [-0.3, -0.25) is 5.10 Å². The van der Waals surface area contributed by atoms with E-state index in [1.807, 2.05) is 18.4 Å². The van der Waals surface area contributed by atoms with Crippen molar-refractivity contribution < 1.29 is 5.11 Å². The predicted octanol–water partition coefficient (Wildman–Crippen LogP) is 1.26. The molecule has 1 unspecified atom stereocenters. The minimum absolute atomic E-state index is 0.484. The van der Waals surface area contributed by atoms with Gasteiger partial charge in [0.2, 0.25) is 0 Å². The Morgan fingerprint density at radius 2 is 2.46 bits per heavy atom. The molecule has 0 saturated heterocycles. The molecule has 5 heteroatoms. The Bertz CT molecular complexity index is 382. The molecule has 0 aliphatic heterocycles. The summed E-state index contributed by atoms with van der Waals surface area (Å²) in [4.78, 5) is 5.06. The molecular formula is C8H9N3OS. The molecule has 2 aromatic heterocycles. The molecule has 2 aromatic rings. The number of nitrogens with one attached hydrogen (secondary N) is 1. The zero-order chi connectivity index (χ0) is 9.26. The van der Waals surface area contributed by atoms with Gasteiger partial charge in [-0.15, -0.1) is 11.3 Å². The van der Waals surface area contributed by atoms with Crippen LogP contribution in [0.1, 0.15) is 22.4 Å². The van der Waals surface area contributed by atoms with Gasteiger partial charge in [-0.1, -0.05) is 0 Å². The number of aryl methyl sites for hydroxylation is 1. The summed E-state index contributed by atoms with van der Waals surface area (Å²) in [6.45, 7) is 2.00. The SMILES string of the molecule is Cc1cc(C(O)c2ncn[nH]2)cs1. The zero-order valence-corrected chi connectivity index (χ0v) is 7.88. The lowest BCUT2D eigenvalue weighted by Crippen LogP contribution is -2.00. The molecule has 0 aliphatic rings. The van der Waals surface area contributed by atoms with E-state index in [2.05, 4.69) is 15.2 Å². The number of aromatic amines is 1. The Hall–Kier alpha value is -1.20. The Morgan fingerprint density at radius 1 is 1.62 bits per heavy atom. The van der Waals surface area contributed by atoms with Crippen LogP contribution in [-0.2, 0) is 0 Å². The van der Waals surface area contributed by atoms with Crippen LogP contribution in [0.15, 0.2) is 17.8 Å². The van der Waals surface area contributed by atoms with Crippen molar-refractivity contribution in [2.24, 2.45) is 0 Å². The van der Waals surface area contributed by atoms with Crippen molar-refractivity contribution in [2.45, 2.75) is 13.0 Å². The first-order valence-corrected chi connectivity index (χ1v) is 4.73. The van der Waals surface area contributed by atoms with Crippen LogP contribution in [0.3, 0.4) is 0 Å². The van der Waals surface area contributed by atoms with Crippen molar-refractivity contribution in [2.75, 3.05) is 0 Å². The van der Waals surface area contributed by atoms with E-state index in [1.54, 1.807) is 11.3 Å². The summed E-state index contributed by atoms with van der Waals surface area (Å²) in [5.74, 6) is 0.484. The number of hydrogen-bond donors (Lipinski definition) is 2. The fraction of sp³-hybridized carbons (Fsp3) is 0.250. The maximum Gasteiger partial charge on any atom is 0.157 e. The van der Waals surface area contributed by atoms with E-state index < -0.39 is 6.10 Å². The van der Waals surface area contributed by atoms with Crippen LogP contribution in [0.5, 0.6) is 0 Å². The number of aliphatic hydroxyl groups excluding tert-OH is 1. The highest BCUT2D eigenvalue weighted by atomic mass is 32.1. The Morgan fingerprint density at radius 3 is 3.00 bits per heavy atom. The van der Waals surface area contributed by atoms with Gasteiger partial charge < -0.3 is 5.11 Å². The molecule has 2 N–H and O–H groups in total. The quantitative estimate of drug-likeness (QED) is 0.758. The summed E-state index contributed by atoms with van der Waals surface area (Å²) in [5.41, 5.74) is 0.860. The predicted molar refractivity (Wildman–Crippen MR) is 49.5 cm³/mol. The maximum atomic E-state index is 9.77. The number of hydrogen-bond acceptors (Lipinski definition) is 4. The monoisotopic (exact) mass is 195 g/mol. The number of aromatic nitrogens is 3. The van der Waals surface area contributed by atoms with Crippen LogP contribution in [0, 0.1) is 6.92 Å². The van der Waals surface area contributed by atoms with Crippen LogP contribution in [0.4, 0.5) is 0 Å². The molecule has 0 radical (unpaired) electrons. The Kier molecular flexibility index (Phi) is 2.12. The highest BCUT2D eigenvalue weighted by Crippen LogP contribution is 2.23. The smallest absolute Gasteiger partial charge is 0.157 e. The molecule has 68 valence electrons. The topological polar surface area (TPSA) is 61.8 Å². The summed E-state index contributed by atoms with van der Waals surface area (Å²) in [6, 6.07) is 1.94. The lowest BCUT2D eigenvalue weighted by molar-refractivity contribution is 0.211. The van der Waals surface area contributed by atoms with Crippen LogP contribution in [0.2, 0.25) is 0 Å². The minimum atomic E-state index is -0.688. The first-order valence-electron chi connectivity index (χ1n) is 3.86. The normalized spacial score (nSPS) is 13.1. The van der Waals surface area contributed by atoms with Gasteiger partial charge in [-0.05, 0) is 23.9 Å². The Balaban J connectivity index is 2.28. The third-order valence-corrected chi connectivity index (χ3v) is 2.64. The number of nitrogens with zero attached hydrogens (tertiary/aromatic N) is 2. The molecule has 0 fully saturated rings. The summed E-state index contributed by atoms with van der Waals surface area (Å²) < 4.78 is 0. The van der Waals surface area contributed by atoms with E-state index in [1.165, 1.54) is 11.2 Å².